The summed E-state index contributed by atoms with van der Waals surface area (Å²) in [5.74, 6) is 1.56. The van der Waals surface area contributed by atoms with Crippen molar-refractivity contribution in [1.82, 2.24) is 0 Å². The lowest BCUT2D eigenvalue weighted by atomic mass is 9.87. The average molecular weight is 387 g/mol. The van der Waals surface area contributed by atoms with Gasteiger partial charge in [-0.05, 0) is 41.8 Å². The standard InChI is InChI=1S/C25H25NO3/c1-28-24-15-19-13-14-26(20-11-7-4-8-12-20)22(21(19)16-25(24)29-2)17-23(27)18-9-5-3-6-10-18/h3-12,15-16,22H,13-14,17H2,1-2H3. The van der Waals surface area contributed by atoms with Crippen molar-refractivity contribution in [2.75, 3.05) is 25.7 Å². The first kappa shape index (κ1) is 19.1. The Morgan fingerprint density at radius 3 is 2.21 bits per heavy atom. The molecule has 1 heterocycles. The number of benzene rings is 3. The number of hydrogen-bond acceptors (Lipinski definition) is 4. The third kappa shape index (κ3) is 3.83. The number of anilines is 1. The largest absolute Gasteiger partial charge is 0.493 e. The summed E-state index contributed by atoms with van der Waals surface area (Å²) in [6, 6.07) is 23.8. The van der Waals surface area contributed by atoms with Gasteiger partial charge < -0.3 is 14.4 Å². The van der Waals surface area contributed by atoms with Crippen molar-refractivity contribution in [2.45, 2.75) is 18.9 Å². The molecule has 0 spiro atoms. The highest BCUT2D eigenvalue weighted by Gasteiger charge is 2.31. The van der Waals surface area contributed by atoms with Crippen molar-refractivity contribution < 1.29 is 14.3 Å². The molecule has 0 amide bonds. The van der Waals surface area contributed by atoms with E-state index in [2.05, 4.69) is 23.1 Å². The lowest BCUT2D eigenvalue weighted by Gasteiger charge is -2.39. The van der Waals surface area contributed by atoms with Crippen molar-refractivity contribution in [2.24, 2.45) is 0 Å². The van der Waals surface area contributed by atoms with Gasteiger partial charge in [-0.15, -0.1) is 0 Å². The normalized spacial score (nSPS) is 15.5. The molecule has 0 radical (unpaired) electrons. The summed E-state index contributed by atoms with van der Waals surface area (Å²) in [6.45, 7) is 0.846. The molecule has 3 aromatic carbocycles. The van der Waals surface area contributed by atoms with E-state index in [-0.39, 0.29) is 11.8 Å². The van der Waals surface area contributed by atoms with Crippen LogP contribution in [0.5, 0.6) is 11.5 Å². The summed E-state index contributed by atoms with van der Waals surface area (Å²) in [7, 11) is 3.30. The quantitative estimate of drug-likeness (QED) is 0.553. The van der Waals surface area contributed by atoms with E-state index in [9.17, 15) is 4.79 Å². The third-order valence-electron chi connectivity index (χ3n) is 5.57. The van der Waals surface area contributed by atoms with E-state index in [1.165, 1.54) is 5.56 Å². The Morgan fingerprint density at radius 2 is 1.55 bits per heavy atom. The number of methoxy groups -OCH3 is 2. The van der Waals surface area contributed by atoms with Gasteiger partial charge >= 0.3 is 0 Å². The summed E-state index contributed by atoms with van der Waals surface area (Å²) in [5, 5.41) is 0. The van der Waals surface area contributed by atoms with Crippen molar-refractivity contribution in [3.05, 3.63) is 89.5 Å². The maximum Gasteiger partial charge on any atom is 0.165 e. The van der Waals surface area contributed by atoms with Crippen LogP contribution < -0.4 is 14.4 Å². The van der Waals surface area contributed by atoms with Gasteiger partial charge in [0.15, 0.2) is 17.3 Å². The third-order valence-corrected chi connectivity index (χ3v) is 5.57. The Kier molecular flexibility index (Phi) is 5.52. The average Bonchev–Trinajstić information content (AvgIpc) is 2.79. The van der Waals surface area contributed by atoms with Crippen LogP contribution in [0, 0.1) is 0 Å². The van der Waals surface area contributed by atoms with Crippen LogP contribution in [-0.2, 0) is 6.42 Å². The first-order chi connectivity index (χ1) is 14.2. The van der Waals surface area contributed by atoms with Gasteiger partial charge in [-0.1, -0.05) is 48.5 Å². The Labute approximate surface area is 171 Å². The molecule has 0 aromatic heterocycles. The molecule has 0 N–H and O–H groups in total. The molecule has 0 aliphatic carbocycles. The number of ketones is 1. The zero-order chi connectivity index (χ0) is 20.2. The minimum Gasteiger partial charge on any atom is -0.493 e. The van der Waals surface area contributed by atoms with E-state index in [1.54, 1.807) is 14.2 Å². The van der Waals surface area contributed by atoms with Gasteiger partial charge in [0.1, 0.15) is 0 Å². The monoisotopic (exact) mass is 387 g/mol. The zero-order valence-corrected chi connectivity index (χ0v) is 16.8. The number of carbonyl (C=O) groups excluding carboxylic acids is 1. The summed E-state index contributed by atoms with van der Waals surface area (Å²) in [5.41, 5.74) is 4.20. The van der Waals surface area contributed by atoms with Crippen LogP contribution in [0.3, 0.4) is 0 Å². The van der Waals surface area contributed by atoms with E-state index >= 15 is 0 Å². The molecule has 0 fully saturated rings. The molecule has 0 saturated heterocycles. The number of para-hydroxylation sites is 1. The zero-order valence-electron chi connectivity index (χ0n) is 16.8. The molecule has 4 rings (SSSR count). The molecule has 0 saturated carbocycles. The van der Waals surface area contributed by atoms with E-state index in [1.807, 2.05) is 54.6 Å². The molecule has 148 valence electrons. The highest BCUT2D eigenvalue weighted by atomic mass is 16.5. The predicted molar refractivity (Wildman–Crippen MR) is 115 cm³/mol. The molecular weight excluding hydrogens is 362 g/mol. The Balaban J connectivity index is 1.76. The van der Waals surface area contributed by atoms with Gasteiger partial charge in [0.05, 0.1) is 20.3 Å². The van der Waals surface area contributed by atoms with Gasteiger partial charge in [0.25, 0.3) is 0 Å². The molecule has 29 heavy (non-hydrogen) atoms. The van der Waals surface area contributed by atoms with Crippen molar-refractivity contribution in [3.63, 3.8) is 0 Å². The lowest BCUT2D eigenvalue weighted by molar-refractivity contribution is 0.0972. The molecule has 3 aromatic rings. The highest BCUT2D eigenvalue weighted by Crippen LogP contribution is 2.41. The fourth-order valence-electron chi connectivity index (χ4n) is 4.09. The Bertz CT molecular complexity index is 986. The van der Waals surface area contributed by atoms with E-state index in [0.717, 1.165) is 35.5 Å². The maximum atomic E-state index is 13.1. The SMILES string of the molecule is COc1cc2c(cc1OC)C(CC(=O)c1ccccc1)N(c1ccccc1)CC2. The minimum absolute atomic E-state index is 0.0614. The van der Waals surface area contributed by atoms with E-state index in [0.29, 0.717) is 12.2 Å². The van der Waals surface area contributed by atoms with Gasteiger partial charge in [-0.3, -0.25) is 4.79 Å². The first-order valence-electron chi connectivity index (χ1n) is 9.86. The van der Waals surface area contributed by atoms with Crippen molar-refractivity contribution in [1.29, 1.82) is 0 Å². The number of hydrogen-bond donors (Lipinski definition) is 0. The molecule has 1 aliphatic heterocycles. The van der Waals surface area contributed by atoms with Crippen LogP contribution in [0.2, 0.25) is 0 Å². The Morgan fingerprint density at radius 1 is 0.931 bits per heavy atom. The van der Waals surface area contributed by atoms with Gasteiger partial charge in [0.2, 0.25) is 0 Å². The van der Waals surface area contributed by atoms with Gasteiger partial charge in [-0.25, -0.2) is 0 Å². The fraction of sp³-hybridized carbons (Fsp3) is 0.240. The lowest BCUT2D eigenvalue weighted by Crippen LogP contribution is -2.36. The van der Waals surface area contributed by atoms with Gasteiger partial charge in [-0.2, -0.15) is 0 Å². The van der Waals surface area contributed by atoms with Crippen LogP contribution in [0.1, 0.15) is 33.9 Å². The molecule has 0 bridgehead atoms. The fourth-order valence-corrected chi connectivity index (χ4v) is 4.09. The highest BCUT2D eigenvalue weighted by molar-refractivity contribution is 5.96. The van der Waals surface area contributed by atoms with E-state index in [4.69, 9.17) is 9.47 Å². The van der Waals surface area contributed by atoms with Crippen LogP contribution in [0.15, 0.2) is 72.8 Å². The second-order valence-corrected chi connectivity index (χ2v) is 7.19. The number of carbonyl (C=O) groups is 1. The second-order valence-electron chi connectivity index (χ2n) is 7.19. The summed E-state index contributed by atoms with van der Waals surface area (Å²) in [6.07, 6.45) is 1.29. The van der Waals surface area contributed by atoms with E-state index < -0.39 is 0 Å². The smallest absolute Gasteiger partial charge is 0.165 e. The maximum absolute atomic E-state index is 13.1. The minimum atomic E-state index is -0.0614. The molecule has 4 heteroatoms. The van der Waals surface area contributed by atoms with Crippen LogP contribution >= 0.6 is 0 Å². The van der Waals surface area contributed by atoms with Crippen molar-refractivity contribution >= 4 is 11.5 Å². The second kappa shape index (κ2) is 8.39. The molecule has 1 aliphatic rings. The number of Topliss-reactive ketones (excluding diaryl/α,β-unsaturated/α-hetero) is 1. The van der Waals surface area contributed by atoms with Crippen LogP contribution in [-0.4, -0.2) is 26.5 Å². The first-order valence-corrected chi connectivity index (χ1v) is 9.86. The van der Waals surface area contributed by atoms with Gasteiger partial charge in [0, 0.05) is 24.2 Å². The molecule has 1 atom stereocenters. The summed E-state index contributed by atoms with van der Waals surface area (Å²) >= 11 is 0. The van der Waals surface area contributed by atoms with Crippen LogP contribution in [0.25, 0.3) is 0 Å². The molecule has 4 nitrogen and oxygen atoms in total. The topological polar surface area (TPSA) is 38.8 Å². The van der Waals surface area contributed by atoms with Crippen molar-refractivity contribution in [3.8, 4) is 11.5 Å². The summed E-state index contributed by atoms with van der Waals surface area (Å²) in [4.78, 5) is 15.4. The number of rotatable bonds is 6. The summed E-state index contributed by atoms with van der Waals surface area (Å²) < 4.78 is 11.0. The molecule has 1 unspecified atom stereocenters. The van der Waals surface area contributed by atoms with Crippen LogP contribution in [0.4, 0.5) is 5.69 Å². The number of fused-ring (bicyclic) bond motifs is 1. The Hall–Kier alpha value is -3.27. The number of ether oxygens (including phenoxy) is 2. The predicted octanol–water partition coefficient (Wildman–Crippen LogP) is 5.08. The number of nitrogens with zero attached hydrogens (tertiary/aromatic N) is 1. The molecular formula is C25H25NO3.